The van der Waals surface area contributed by atoms with Crippen LogP contribution in [-0.2, 0) is 0 Å². The Morgan fingerprint density at radius 3 is 1.71 bits per heavy atom. The van der Waals surface area contributed by atoms with Crippen LogP contribution in [0.2, 0.25) is 11.0 Å². The molecule has 5 radical (unpaired) electrons. The Bertz CT molecular complexity index is 252. The van der Waals surface area contributed by atoms with Crippen LogP contribution in [0.3, 0.4) is 0 Å². The minimum Gasteiger partial charge on any atom is -0.0997 e. The molecule has 0 aromatic carbocycles. The van der Waals surface area contributed by atoms with E-state index in [-0.39, 0.29) is 5.21 Å². The van der Waals surface area contributed by atoms with Crippen molar-refractivity contribution in [1.29, 1.82) is 0 Å². The lowest BCUT2D eigenvalue weighted by atomic mass is 9.09. The summed E-state index contributed by atoms with van der Waals surface area (Å²) < 4.78 is 0. The molecular formula is C17H31B4. The van der Waals surface area contributed by atoms with E-state index in [9.17, 15) is 0 Å². The van der Waals surface area contributed by atoms with E-state index in [1.165, 1.54) is 96.3 Å². The van der Waals surface area contributed by atoms with Gasteiger partial charge in [0, 0.05) is 7.06 Å². The summed E-state index contributed by atoms with van der Waals surface area (Å²) >= 11 is 0. The van der Waals surface area contributed by atoms with Crippen LogP contribution in [0.4, 0.5) is 0 Å². The first-order chi connectivity index (χ1) is 10.3. The van der Waals surface area contributed by atoms with Crippen LogP contribution >= 0.6 is 0 Å². The van der Waals surface area contributed by atoms with Gasteiger partial charge in [-0.25, -0.2) is 0 Å². The van der Waals surface area contributed by atoms with Gasteiger partial charge in [0.2, 0.25) is 0 Å². The van der Waals surface area contributed by atoms with Gasteiger partial charge in [-0.1, -0.05) is 107 Å². The topological polar surface area (TPSA) is 0 Å². The molecule has 111 valence electrons. The standard InChI is InChI=1S/C17H31B4/c18-17(14-10-6-7-11-15-17)20-21-19-16-12-8-4-2-1-3-5-9-13-16/h16H,1-15H2. The lowest BCUT2D eigenvalue weighted by Crippen LogP contribution is -2.30. The van der Waals surface area contributed by atoms with E-state index in [2.05, 4.69) is 21.4 Å². The molecule has 0 aliphatic heterocycles. The molecule has 2 aliphatic carbocycles. The fraction of sp³-hybridized carbons (Fsp3) is 1.00. The predicted molar refractivity (Wildman–Crippen MR) is 98.7 cm³/mol. The summed E-state index contributed by atoms with van der Waals surface area (Å²) in [5.41, 5.74) is 0. The summed E-state index contributed by atoms with van der Waals surface area (Å²) in [5.74, 6) is 0.800. The van der Waals surface area contributed by atoms with Gasteiger partial charge in [-0.2, -0.15) is 0 Å². The Labute approximate surface area is 137 Å². The molecule has 0 atom stereocenters. The first kappa shape index (κ1) is 17.6. The summed E-state index contributed by atoms with van der Waals surface area (Å²) in [6, 6.07) is 0. The number of hydrogen-bond donors (Lipinski definition) is 0. The van der Waals surface area contributed by atoms with Gasteiger partial charge in [-0.05, 0) is 0 Å². The number of hydrogen-bond acceptors (Lipinski definition) is 0. The van der Waals surface area contributed by atoms with Gasteiger partial charge in [0.1, 0.15) is 0 Å². The van der Waals surface area contributed by atoms with Crippen molar-refractivity contribution in [1.82, 2.24) is 0 Å². The predicted octanol–water partition coefficient (Wildman–Crippen LogP) is 4.88. The van der Waals surface area contributed by atoms with E-state index >= 15 is 0 Å². The van der Waals surface area contributed by atoms with Gasteiger partial charge < -0.3 is 0 Å². The van der Waals surface area contributed by atoms with E-state index in [0.717, 1.165) is 5.82 Å². The van der Waals surface area contributed by atoms with Crippen LogP contribution in [0, 0.1) is 0 Å². The van der Waals surface area contributed by atoms with Gasteiger partial charge in [0.15, 0.2) is 0 Å². The molecule has 0 N–H and O–H groups in total. The van der Waals surface area contributed by atoms with E-state index < -0.39 is 0 Å². The van der Waals surface area contributed by atoms with Crippen LogP contribution in [-0.4, -0.2) is 29.2 Å². The normalized spacial score (nSPS) is 25.5. The van der Waals surface area contributed by atoms with Gasteiger partial charge in [0.25, 0.3) is 0 Å². The van der Waals surface area contributed by atoms with E-state index in [1.54, 1.807) is 0 Å². The summed E-state index contributed by atoms with van der Waals surface area (Å²) in [6.07, 6.45) is 20.6. The molecule has 0 aromatic heterocycles. The van der Waals surface area contributed by atoms with Gasteiger partial charge in [0.05, 0.1) is 22.2 Å². The number of rotatable bonds is 4. The van der Waals surface area contributed by atoms with Crippen molar-refractivity contribution < 1.29 is 0 Å². The van der Waals surface area contributed by atoms with E-state index in [0.29, 0.717) is 0 Å². The molecule has 0 heterocycles. The summed E-state index contributed by atoms with van der Waals surface area (Å²) in [5, 5.41) is -0.0109. The Morgan fingerprint density at radius 2 is 1.14 bits per heavy atom. The SMILES string of the molecule is [B]C1([B][B][B]C2CCCCCCCCC2)CCCCCC1. The van der Waals surface area contributed by atoms with Crippen molar-refractivity contribution >= 4 is 29.2 Å². The van der Waals surface area contributed by atoms with Crippen molar-refractivity contribution in [3.63, 3.8) is 0 Å². The van der Waals surface area contributed by atoms with Crippen molar-refractivity contribution in [2.24, 2.45) is 0 Å². The lowest BCUT2D eigenvalue weighted by Gasteiger charge is -2.29. The third-order valence-corrected chi connectivity index (χ3v) is 5.50. The molecule has 2 saturated carbocycles. The maximum Gasteiger partial charge on any atom is 0.0620 e. The monoisotopic (exact) mass is 279 g/mol. The molecule has 0 aromatic rings. The molecule has 0 nitrogen and oxygen atoms in total. The second-order valence-corrected chi connectivity index (χ2v) is 7.51. The highest BCUT2D eigenvalue weighted by Gasteiger charge is 2.25. The van der Waals surface area contributed by atoms with Crippen LogP contribution in [0.1, 0.15) is 96.3 Å². The first-order valence-corrected chi connectivity index (χ1v) is 9.60. The van der Waals surface area contributed by atoms with Gasteiger partial charge >= 0.3 is 0 Å². The average Bonchev–Trinajstić information content (AvgIpc) is 2.71. The maximum atomic E-state index is 6.57. The molecule has 0 spiro atoms. The molecule has 2 rings (SSSR count). The van der Waals surface area contributed by atoms with Crippen LogP contribution < -0.4 is 0 Å². The highest BCUT2D eigenvalue weighted by molar-refractivity contribution is 7.31. The van der Waals surface area contributed by atoms with Crippen molar-refractivity contribution in [2.75, 3.05) is 0 Å². The fourth-order valence-corrected chi connectivity index (χ4v) is 3.99. The van der Waals surface area contributed by atoms with Crippen LogP contribution in [0.25, 0.3) is 0 Å². The average molecular weight is 279 g/mol. The fourth-order valence-electron chi connectivity index (χ4n) is 3.99. The van der Waals surface area contributed by atoms with Gasteiger partial charge in [-0.15, -0.1) is 0 Å². The zero-order valence-electron chi connectivity index (χ0n) is 14.0. The second kappa shape index (κ2) is 10.1. The molecule has 0 bridgehead atoms. The Morgan fingerprint density at radius 1 is 0.667 bits per heavy atom. The third-order valence-electron chi connectivity index (χ3n) is 5.50. The lowest BCUT2D eigenvalue weighted by molar-refractivity contribution is 0.503. The summed E-state index contributed by atoms with van der Waals surface area (Å²) in [6.45, 7) is 0. The molecule has 0 saturated heterocycles. The molecule has 4 heteroatoms. The molecule has 2 aliphatic rings. The maximum absolute atomic E-state index is 6.57. The van der Waals surface area contributed by atoms with Crippen LogP contribution in [0.5, 0.6) is 0 Å². The van der Waals surface area contributed by atoms with Crippen LogP contribution in [0.15, 0.2) is 0 Å². The molecule has 2 fully saturated rings. The molecular weight excluding hydrogens is 247 g/mol. The van der Waals surface area contributed by atoms with Crippen molar-refractivity contribution in [3.05, 3.63) is 0 Å². The largest absolute Gasteiger partial charge is 0.0997 e. The second-order valence-electron chi connectivity index (χ2n) is 7.51. The molecule has 0 amide bonds. The van der Waals surface area contributed by atoms with Gasteiger partial charge in [-0.3, -0.25) is 0 Å². The molecule has 0 unspecified atom stereocenters. The smallest absolute Gasteiger partial charge is 0.0620 e. The van der Waals surface area contributed by atoms with Crippen molar-refractivity contribution in [2.45, 2.75) is 107 Å². The molecule has 21 heavy (non-hydrogen) atoms. The Balaban J connectivity index is 1.67. The minimum atomic E-state index is -0.0109. The van der Waals surface area contributed by atoms with Crippen molar-refractivity contribution in [3.8, 4) is 0 Å². The quantitative estimate of drug-likeness (QED) is 0.508. The zero-order valence-corrected chi connectivity index (χ0v) is 14.0. The van der Waals surface area contributed by atoms with E-state index in [1.807, 2.05) is 0 Å². The Kier molecular flexibility index (Phi) is 8.48. The minimum absolute atomic E-state index is 0.0109. The third kappa shape index (κ3) is 7.38. The zero-order chi connectivity index (χ0) is 14.8. The van der Waals surface area contributed by atoms with E-state index in [4.69, 9.17) is 7.85 Å². The highest BCUT2D eigenvalue weighted by atomic mass is 14.2. The summed E-state index contributed by atoms with van der Waals surface area (Å²) in [4.78, 5) is 0. The summed E-state index contributed by atoms with van der Waals surface area (Å²) in [7, 11) is 13.7. The first-order valence-electron chi connectivity index (χ1n) is 9.60. The Hall–Kier alpha value is 0.260. The highest BCUT2D eigenvalue weighted by Crippen LogP contribution is 2.37.